The van der Waals surface area contributed by atoms with E-state index in [1.807, 2.05) is 0 Å². The Morgan fingerprint density at radius 2 is 2.32 bits per heavy atom. The molecular formula is C9H13N5O7P-. The summed E-state index contributed by atoms with van der Waals surface area (Å²) in [5, 5.41) is 9.06. The van der Waals surface area contributed by atoms with Gasteiger partial charge in [0.1, 0.15) is 12.8 Å². The molecule has 0 saturated carbocycles. The fourth-order valence-electron chi connectivity index (χ4n) is 1.58. The Bertz CT molecular complexity index is 752. The number of aromatic nitrogens is 4. The summed E-state index contributed by atoms with van der Waals surface area (Å²) in [7, 11) is -4.90. The molecule has 2 heterocycles. The monoisotopic (exact) mass is 334 g/mol. The molecule has 5 N–H and O–H groups in total. The lowest BCUT2D eigenvalue weighted by molar-refractivity contribution is -0.223. The van der Waals surface area contributed by atoms with Crippen LogP contribution in [-0.4, -0.2) is 48.8 Å². The SMILES string of the molecule is Nc1nc2c(ncn2COC(CO)COP(=O)([O-])O)c(=O)[nH]1. The van der Waals surface area contributed by atoms with Gasteiger partial charge in [-0.2, -0.15) is 4.98 Å². The van der Waals surface area contributed by atoms with Gasteiger partial charge in [0.05, 0.1) is 19.5 Å². The molecule has 2 aromatic heterocycles. The first-order valence-electron chi connectivity index (χ1n) is 5.91. The number of hydrogen-bond donors (Lipinski definition) is 4. The quantitative estimate of drug-likeness (QED) is 0.394. The van der Waals surface area contributed by atoms with E-state index in [1.54, 1.807) is 0 Å². The van der Waals surface area contributed by atoms with E-state index in [-0.39, 0.29) is 23.8 Å². The first-order chi connectivity index (χ1) is 10.3. The summed E-state index contributed by atoms with van der Waals surface area (Å²) < 4.78 is 21.1. The van der Waals surface area contributed by atoms with Gasteiger partial charge in [0.25, 0.3) is 13.4 Å². The minimum absolute atomic E-state index is 0.0500. The number of rotatable bonds is 7. The van der Waals surface area contributed by atoms with Crippen LogP contribution in [0, 0.1) is 0 Å². The lowest BCUT2D eigenvalue weighted by Crippen LogP contribution is -2.25. The van der Waals surface area contributed by atoms with Crippen LogP contribution < -0.4 is 16.2 Å². The van der Waals surface area contributed by atoms with Crippen LogP contribution in [0.25, 0.3) is 11.2 Å². The van der Waals surface area contributed by atoms with Gasteiger partial charge in [-0.15, -0.1) is 0 Å². The maximum atomic E-state index is 11.6. The van der Waals surface area contributed by atoms with E-state index in [4.69, 9.17) is 20.5 Å². The van der Waals surface area contributed by atoms with Gasteiger partial charge in [-0.1, -0.05) is 0 Å². The molecule has 2 atom stereocenters. The number of nitrogens with zero attached hydrogens (tertiary/aromatic N) is 3. The van der Waals surface area contributed by atoms with Gasteiger partial charge in [-0.3, -0.25) is 18.9 Å². The standard InChI is InChI=1S/C9H14N5O7P/c10-9-12-7-6(8(16)13-9)11-3-14(7)4-20-5(1-15)2-21-22(17,18)19/h3,5,15H,1-2,4H2,(H2,17,18,19)(H3,10,12,13,16)/p-1. The van der Waals surface area contributed by atoms with Crippen molar-refractivity contribution in [3.05, 3.63) is 16.7 Å². The molecule has 2 aromatic rings. The van der Waals surface area contributed by atoms with Crippen LogP contribution in [0.5, 0.6) is 0 Å². The molecule has 2 rings (SSSR count). The average molecular weight is 334 g/mol. The molecule has 0 radical (unpaired) electrons. The van der Waals surface area contributed by atoms with Crippen LogP contribution in [-0.2, 0) is 20.6 Å². The van der Waals surface area contributed by atoms with Gasteiger partial charge in [-0.25, -0.2) is 4.98 Å². The lowest BCUT2D eigenvalue weighted by atomic mass is 10.4. The van der Waals surface area contributed by atoms with Gasteiger partial charge in [-0.05, 0) is 0 Å². The van der Waals surface area contributed by atoms with E-state index in [2.05, 4.69) is 19.5 Å². The molecule has 122 valence electrons. The van der Waals surface area contributed by atoms with Crippen LogP contribution in [0.4, 0.5) is 5.95 Å². The highest BCUT2D eigenvalue weighted by Gasteiger charge is 2.14. The van der Waals surface area contributed by atoms with Crippen molar-refractivity contribution in [1.82, 2.24) is 19.5 Å². The number of imidazole rings is 1. The number of fused-ring (bicyclic) bond motifs is 1. The van der Waals surface area contributed by atoms with Crippen molar-refractivity contribution in [3.63, 3.8) is 0 Å². The molecule has 0 saturated heterocycles. The second kappa shape index (κ2) is 6.52. The summed E-state index contributed by atoms with van der Waals surface area (Å²) in [4.78, 5) is 40.6. The van der Waals surface area contributed by atoms with E-state index in [1.165, 1.54) is 10.9 Å². The molecule has 0 aromatic carbocycles. The van der Waals surface area contributed by atoms with Crippen molar-refractivity contribution in [2.24, 2.45) is 0 Å². The third-order valence-electron chi connectivity index (χ3n) is 2.57. The molecule has 0 spiro atoms. The maximum Gasteiger partial charge on any atom is 0.280 e. The molecule has 0 bridgehead atoms. The van der Waals surface area contributed by atoms with E-state index in [0.717, 1.165) is 0 Å². The zero-order chi connectivity index (χ0) is 16.3. The molecule has 0 aliphatic carbocycles. The highest BCUT2D eigenvalue weighted by Crippen LogP contribution is 2.30. The number of nitrogens with two attached hydrogens (primary N) is 1. The molecule has 12 nitrogen and oxygen atoms in total. The summed E-state index contributed by atoms with van der Waals surface area (Å²) in [6, 6.07) is 0. The predicted octanol–water partition coefficient (Wildman–Crippen LogP) is -2.49. The predicted molar refractivity (Wildman–Crippen MR) is 70.3 cm³/mol. The van der Waals surface area contributed by atoms with Crippen molar-refractivity contribution >= 4 is 24.9 Å². The third kappa shape index (κ3) is 4.10. The number of aromatic amines is 1. The van der Waals surface area contributed by atoms with Crippen LogP contribution in [0.2, 0.25) is 0 Å². The first-order valence-corrected chi connectivity index (χ1v) is 7.41. The number of ether oxygens (including phenoxy) is 1. The Kier molecular flexibility index (Phi) is 4.90. The summed E-state index contributed by atoms with van der Waals surface area (Å²) in [5.41, 5.74) is 5.12. The van der Waals surface area contributed by atoms with E-state index < -0.39 is 32.7 Å². The Hall–Kier alpha value is -1.82. The number of nitrogens with one attached hydrogen (secondary N) is 1. The van der Waals surface area contributed by atoms with Gasteiger partial charge >= 0.3 is 0 Å². The van der Waals surface area contributed by atoms with Crippen molar-refractivity contribution in [2.75, 3.05) is 18.9 Å². The number of aliphatic hydroxyl groups excluding tert-OH is 1. The number of anilines is 1. The van der Waals surface area contributed by atoms with Crippen LogP contribution in [0.15, 0.2) is 11.1 Å². The van der Waals surface area contributed by atoms with Gasteiger partial charge < -0.3 is 29.9 Å². The lowest BCUT2D eigenvalue weighted by Gasteiger charge is -2.20. The van der Waals surface area contributed by atoms with Crippen LogP contribution in [0.3, 0.4) is 0 Å². The van der Waals surface area contributed by atoms with E-state index in [9.17, 15) is 14.3 Å². The second-order valence-electron chi connectivity index (χ2n) is 4.20. The minimum atomic E-state index is -4.90. The zero-order valence-electron chi connectivity index (χ0n) is 11.1. The van der Waals surface area contributed by atoms with E-state index in [0.29, 0.717) is 0 Å². The Morgan fingerprint density at radius 1 is 1.59 bits per heavy atom. The van der Waals surface area contributed by atoms with Crippen molar-refractivity contribution < 1.29 is 28.7 Å². The molecular weight excluding hydrogens is 321 g/mol. The fraction of sp³-hybridized carbons (Fsp3) is 0.444. The van der Waals surface area contributed by atoms with Crippen molar-refractivity contribution in [1.29, 1.82) is 0 Å². The fourth-order valence-corrected chi connectivity index (χ4v) is 1.94. The van der Waals surface area contributed by atoms with Gasteiger partial charge in [0.15, 0.2) is 11.2 Å². The molecule has 2 unspecified atom stereocenters. The summed E-state index contributed by atoms with van der Waals surface area (Å²) in [6.45, 7) is -1.32. The number of H-pyrrole nitrogens is 1. The number of nitrogen functional groups attached to an aromatic ring is 1. The number of phosphoric acid groups is 1. The van der Waals surface area contributed by atoms with Crippen LogP contribution in [0.1, 0.15) is 0 Å². The number of hydrogen-bond acceptors (Lipinski definition) is 9. The average Bonchev–Trinajstić information content (AvgIpc) is 2.81. The van der Waals surface area contributed by atoms with Crippen LogP contribution >= 0.6 is 7.82 Å². The summed E-state index contributed by atoms with van der Waals surface area (Å²) in [5.74, 6) is -0.103. The molecule has 22 heavy (non-hydrogen) atoms. The Morgan fingerprint density at radius 3 is 2.95 bits per heavy atom. The minimum Gasteiger partial charge on any atom is -0.756 e. The zero-order valence-corrected chi connectivity index (χ0v) is 12.0. The second-order valence-corrected chi connectivity index (χ2v) is 5.40. The van der Waals surface area contributed by atoms with E-state index >= 15 is 0 Å². The Balaban J connectivity index is 2.07. The molecule has 0 aliphatic heterocycles. The van der Waals surface area contributed by atoms with Crippen molar-refractivity contribution in [2.45, 2.75) is 12.8 Å². The molecule has 0 fully saturated rings. The third-order valence-corrected chi connectivity index (χ3v) is 3.04. The molecule has 0 aliphatic rings. The topological polar surface area (TPSA) is 189 Å². The summed E-state index contributed by atoms with van der Waals surface area (Å²) >= 11 is 0. The number of phosphoric ester groups is 1. The highest BCUT2D eigenvalue weighted by molar-refractivity contribution is 7.44. The van der Waals surface area contributed by atoms with Gasteiger partial charge in [0.2, 0.25) is 5.95 Å². The smallest absolute Gasteiger partial charge is 0.280 e. The highest BCUT2D eigenvalue weighted by atomic mass is 31.2. The Labute approximate surface area is 122 Å². The largest absolute Gasteiger partial charge is 0.756 e. The van der Waals surface area contributed by atoms with Crippen molar-refractivity contribution in [3.8, 4) is 0 Å². The molecule has 0 amide bonds. The maximum absolute atomic E-state index is 11.6. The molecule has 13 heteroatoms. The normalized spacial score (nSPS) is 15.8. The summed E-state index contributed by atoms with van der Waals surface area (Å²) in [6.07, 6.45) is 0.248. The number of aliphatic hydroxyl groups is 1. The first kappa shape index (κ1) is 16.5. The van der Waals surface area contributed by atoms with Gasteiger partial charge in [0, 0.05) is 0 Å².